The number of hydrogen-bond acceptors (Lipinski definition) is 3. The summed E-state index contributed by atoms with van der Waals surface area (Å²) in [5.74, 6) is 0.0666. The summed E-state index contributed by atoms with van der Waals surface area (Å²) < 4.78 is 13.8. The van der Waals surface area contributed by atoms with Crippen LogP contribution in [0.1, 0.15) is 40.2 Å². The zero-order chi connectivity index (χ0) is 22.0. The molecule has 7 heteroatoms. The summed E-state index contributed by atoms with van der Waals surface area (Å²) in [5.41, 5.74) is 4.03. The first-order chi connectivity index (χ1) is 14.9. The normalized spacial score (nSPS) is 14.5. The largest absolute Gasteiger partial charge is 0.355 e. The number of aromatic amines is 1. The first kappa shape index (κ1) is 21.5. The van der Waals surface area contributed by atoms with Crippen molar-refractivity contribution in [3.05, 3.63) is 86.9 Å². The molecule has 0 atom stereocenters. The van der Waals surface area contributed by atoms with Crippen LogP contribution >= 0.6 is 23.8 Å². The molecule has 0 radical (unpaired) electrons. The first-order valence-electron chi connectivity index (χ1n) is 10.2. The minimum absolute atomic E-state index is 0.0385. The first-order valence-corrected chi connectivity index (χ1v) is 11.0. The second kappa shape index (κ2) is 9.20. The number of benzene rings is 2. The molecule has 2 N–H and O–H groups in total. The highest BCUT2D eigenvalue weighted by atomic mass is 35.5. The van der Waals surface area contributed by atoms with Gasteiger partial charge in [0.05, 0.1) is 11.3 Å². The fraction of sp³-hybridized carbons (Fsp3) is 0.250. The van der Waals surface area contributed by atoms with Crippen LogP contribution < -0.4 is 5.32 Å². The maximum Gasteiger partial charge on any atom is 0.257 e. The molecule has 1 saturated heterocycles. The van der Waals surface area contributed by atoms with Crippen molar-refractivity contribution in [1.82, 2.24) is 9.88 Å². The van der Waals surface area contributed by atoms with Crippen LogP contribution in [0.2, 0.25) is 5.02 Å². The summed E-state index contributed by atoms with van der Waals surface area (Å²) in [6.07, 6.45) is 3.38. The predicted octanol–water partition coefficient (Wildman–Crippen LogP) is 6.61. The zero-order valence-corrected chi connectivity index (χ0v) is 18.7. The Morgan fingerprint density at radius 3 is 2.42 bits per heavy atom. The molecule has 2 heterocycles. The van der Waals surface area contributed by atoms with Gasteiger partial charge in [0.15, 0.2) is 0 Å². The van der Waals surface area contributed by atoms with E-state index in [-0.39, 0.29) is 11.7 Å². The Hall–Kier alpha value is -2.70. The number of carbonyl (C=O) groups excluding carboxylic acids is 1. The third-order valence-corrected chi connectivity index (χ3v) is 6.48. The van der Waals surface area contributed by atoms with Gasteiger partial charge in [-0.05, 0) is 67.6 Å². The number of amides is 1. The summed E-state index contributed by atoms with van der Waals surface area (Å²) >= 11 is 11.4. The molecule has 1 aliphatic rings. The lowest BCUT2D eigenvalue weighted by Crippen LogP contribution is -2.38. The molecular formula is C24H23ClFN3OS. The molecule has 0 spiro atoms. The van der Waals surface area contributed by atoms with Gasteiger partial charge in [0.2, 0.25) is 0 Å². The van der Waals surface area contributed by atoms with E-state index in [1.807, 2.05) is 36.1 Å². The Balaban J connectivity index is 1.53. The molecule has 1 aliphatic heterocycles. The highest BCUT2D eigenvalue weighted by Gasteiger charge is 2.26. The van der Waals surface area contributed by atoms with Crippen molar-refractivity contribution in [2.24, 2.45) is 0 Å². The molecule has 0 aliphatic carbocycles. The predicted molar refractivity (Wildman–Crippen MR) is 125 cm³/mol. The van der Waals surface area contributed by atoms with Crippen molar-refractivity contribution in [3.8, 4) is 0 Å². The highest BCUT2D eigenvalue weighted by Crippen LogP contribution is 2.31. The lowest BCUT2D eigenvalue weighted by atomic mass is 9.89. The average Bonchev–Trinajstić information content (AvgIpc) is 2.79. The Morgan fingerprint density at radius 2 is 1.77 bits per heavy atom. The van der Waals surface area contributed by atoms with Crippen LogP contribution in [0.3, 0.4) is 0 Å². The molecular weight excluding hydrogens is 433 g/mol. The third kappa shape index (κ3) is 4.81. The molecule has 1 fully saturated rings. The van der Waals surface area contributed by atoms with E-state index in [0.717, 1.165) is 29.7 Å². The van der Waals surface area contributed by atoms with Crippen molar-refractivity contribution in [2.75, 3.05) is 18.4 Å². The molecule has 1 amide bonds. The maximum atomic E-state index is 13.4. The number of likely N-dealkylation sites (tertiary alicyclic amines) is 1. The smallest absolute Gasteiger partial charge is 0.257 e. The molecule has 160 valence electrons. The summed E-state index contributed by atoms with van der Waals surface area (Å²) in [7, 11) is 0. The van der Waals surface area contributed by atoms with Crippen LogP contribution in [-0.4, -0.2) is 28.9 Å². The van der Waals surface area contributed by atoms with E-state index in [1.54, 1.807) is 18.3 Å². The highest BCUT2D eigenvalue weighted by molar-refractivity contribution is 7.71. The minimum atomic E-state index is -0.228. The number of carbonyl (C=O) groups is 1. The van der Waals surface area contributed by atoms with E-state index >= 15 is 0 Å². The Kier molecular flexibility index (Phi) is 6.39. The second-order valence-electron chi connectivity index (χ2n) is 7.78. The van der Waals surface area contributed by atoms with Gasteiger partial charge in [0.1, 0.15) is 10.5 Å². The van der Waals surface area contributed by atoms with Crippen LogP contribution in [0, 0.1) is 17.4 Å². The van der Waals surface area contributed by atoms with Gasteiger partial charge in [-0.2, -0.15) is 0 Å². The van der Waals surface area contributed by atoms with Crippen molar-refractivity contribution in [1.29, 1.82) is 0 Å². The Morgan fingerprint density at radius 1 is 1.13 bits per heavy atom. The molecule has 0 saturated carbocycles. The van der Waals surface area contributed by atoms with E-state index in [1.165, 1.54) is 12.1 Å². The summed E-state index contributed by atoms with van der Waals surface area (Å²) in [6, 6.07) is 14.0. The number of H-pyrrole nitrogens is 1. The number of piperidine rings is 1. The monoisotopic (exact) mass is 455 g/mol. The summed E-state index contributed by atoms with van der Waals surface area (Å²) in [5, 5.41) is 3.99. The molecule has 0 unspecified atom stereocenters. The van der Waals surface area contributed by atoms with Crippen molar-refractivity contribution < 1.29 is 9.18 Å². The van der Waals surface area contributed by atoms with Gasteiger partial charge < -0.3 is 15.2 Å². The lowest BCUT2D eigenvalue weighted by Gasteiger charge is -2.33. The van der Waals surface area contributed by atoms with Crippen molar-refractivity contribution in [2.45, 2.75) is 25.7 Å². The van der Waals surface area contributed by atoms with Crippen LogP contribution in [0.5, 0.6) is 0 Å². The second-order valence-corrected chi connectivity index (χ2v) is 8.63. The van der Waals surface area contributed by atoms with Crippen LogP contribution in [0.15, 0.2) is 54.7 Å². The van der Waals surface area contributed by atoms with Crippen molar-refractivity contribution in [3.63, 3.8) is 0 Å². The topological polar surface area (TPSA) is 48.1 Å². The molecule has 4 nitrogen and oxygen atoms in total. The van der Waals surface area contributed by atoms with Gasteiger partial charge in [-0.1, -0.05) is 36.0 Å². The third-order valence-electron chi connectivity index (χ3n) is 5.80. The van der Waals surface area contributed by atoms with Gasteiger partial charge in [0, 0.05) is 35.6 Å². The van der Waals surface area contributed by atoms with E-state index in [2.05, 4.69) is 10.3 Å². The van der Waals surface area contributed by atoms with E-state index in [4.69, 9.17) is 23.8 Å². The maximum absolute atomic E-state index is 13.4. The standard InChI is InChI=1S/C24H23ClFN3OS/c1-15-22(28-20-8-4-18(25)5-9-20)21(14-27-23(15)31)24(30)29-12-10-17(11-13-29)16-2-6-19(26)7-3-16/h2-9,14,17H,10-13H2,1H3,(H2,27,28,31). The molecule has 2 aromatic carbocycles. The fourth-order valence-electron chi connectivity index (χ4n) is 3.96. The Bertz CT molecular complexity index is 1140. The van der Waals surface area contributed by atoms with Gasteiger partial charge in [0.25, 0.3) is 5.91 Å². The molecule has 4 rings (SSSR count). The summed E-state index contributed by atoms with van der Waals surface area (Å²) in [4.78, 5) is 18.3. The van der Waals surface area contributed by atoms with Gasteiger partial charge in [-0.3, -0.25) is 4.79 Å². The number of nitrogens with zero attached hydrogens (tertiary/aromatic N) is 1. The Labute approximate surface area is 191 Å². The molecule has 1 aromatic heterocycles. The van der Waals surface area contributed by atoms with Gasteiger partial charge >= 0.3 is 0 Å². The number of hydrogen-bond donors (Lipinski definition) is 2. The quantitative estimate of drug-likeness (QED) is 0.435. The van der Waals surface area contributed by atoms with Crippen LogP contribution in [0.4, 0.5) is 15.8 Å². The van der Waals surface area contributed by atoms with E-state index in [9.17, 15) is 9.18 Å². The number of halogens is 2. The minimum Gasteiger partial charge on any atom is -0.355 e. The molecule has 0 bridgehead atoms. The van der Waals surface area contributed by atoms with E-state index in [0.29, 0.717) is 39.9 Å². The molecule has 3 aromatic rings. The summed E-state index contributed by atoms with van der Waals surface area (Å²) in [6.45, 7) is 3.19. The number of rotatable bonds is 4. The average molecular weight is 456 g/mol. The van der Waals surface area contributed by atoms with Crippen LogP contribution in [-0.2, 0) is 0 Å². The fourth-order valence-corrected chi connectivity index (χ4v) is 4.25. The number of aromatic nitrogens is 1. The number of nitrogens with one attached hydrogen (secondary N) is 2. The number of pyridine rings is 1. The number of anilines is 2. The van der Waals surface area contributed by atoms with Gasteiger partial charge in [-0.25, -0.2) is 4.39 Å². The SMILES string of the molecule is Cc1c(Nc2ccc(Cl)cc2)c(C(=O)N2CCC(c3ccc(F)cc3)CC2)c[nH]c1=S. The van der Waals surface area contributed by atoms with Crippen LogP contribution in [0.25, 0.3) is 0 Å². The molecule has 31 heavy (non-hydrogen) atoms. The van der Waals surface area contributed by atoms with Crippen molar-refractivity contribution >= 4 is 41.1 Å². The zero-order valence-electron chi connectivity index (χ0n) is 17.1. The van der Waals surface area contributed by atoms with Gasteiger partial charge in [-0.15, -0.1) is 0 Å². The lowest BCUT2D eigenvalue weighted by molar-refractivity contribution is 0.0713. The van der Waals surface area contributed by atoms with E-state index < -0.39 is 0 Å².